The lowest BCUT2D eigenvalue weighted by Gasteiger charge is -2.00. The van der Waals surface area contributed by atoms with E-state index in [0.717, 1.165) is 0 Å². The molecule has 2 aromatic rings. The Hall–Kier alpha value is -1.27. The third-order valence-corrected chi connectivity index (χ3v) is 3.75. The summed E-state index contributed by atoms with van der Waals surface area (Å²) in [6.45, 7) is 1.74. The Morgan fingerprint density at radius 2 is 2.24 bits per heavy atom. The normalized spacial score (nSPS) is 10.5. The molecule has 1 aromatic carbocycles. The van der Waals surface area contributed by atoms with Crippen LogP contribution in [0.5, 0.6) is 0 Å². The molecule has 0 atom stereocenters. The molecule has 0 radical (unpaired) electrons. The Morgan fingerprint density at radius 3 is 2.82 bits per heavy atom. The predicted molar refractivity (Wildman–Crippen MR) is 66.9 cm³/mol. The van der Waals surface area contributed by atoms with Crippen molar-refractivity contribution in [3.05, 3.63) is 39.2 Å². The van der Waals surface area contributed by atoms with Gasteiger partial charge in [0.05, 0.1) is 14.4 Å². The Bertz CT molecular complexity index is 597. The van der Waals surface area contributed by atoms with Gasteiger partial charge in [-0.05, 0) is 40.5 Å². The summed E-state index contributed by atoms with van der Waals surface area (Å²) < 4.78 is 13.4. The number of carboxylic acids is 1. The van der Waals surface area contributed by atoms with E-state index in [0.29, 0.717) is 19.9 Å². The van der Waals surface area contributed by atoms with E-state index in [4.69, 9.17) is 5.11 Å². The van der Waals surface area contributed by atoms with Crippen LogP contribution in [-0.2, 0) is 0 Å². The van der Waals surface area contributed by atoms with Gasteiger partial charge in [-0.15, -0.1) is 11.3 Å². The van der Waals surface area contributed by atoms with Crippen molar-refractivity contribution in [2.45, 2.75) is 6.92 Å². The molecule has 88 valence electrons. The highest BCUT2D eigenvalue weighted by Gasteiger charge is 2.17. The van der Waals surface area contributed by atoms with Crippen molar-refractivity contribution in [1.82, 2.24) is 4.98 Å². The minimum absolute atomic E-state index is 0.00556. The Balaban J connectivity index is 2.59. The van der Waals surface area contributed by atoms with E-state index in [-0.39, 0.29) is 11.5 Å². The molecule has 1 N–H and O–H groups in total. The maximum Gasteiger partial charge on any atom is 0.356 e. The molecule has 17 heavy (non-hydrogen) atoms. The van der Waals surface area contributed by atoms with Gasteiger partial charge in [0.15, 0.2) is 5.69 Å². The van der Waals surface area contributed by atoms with Crippen LogP contribution in [0.15, 0.2) is 22.7 Å². The number of carbonyl (C=O) groups is 1. The highest BCUT2D eigenvalue weighted by atomic mass is 79.9. The monoisotopic (exact) mass is 315 g/mol. The average Bonchev–Trinajstić information content (AvgIpc) is 2.64. The fourth-order valence-electron chi connectivity index (χ4n) is 1.41. The third kappa shape index (κ3) is 2.37. The van der Waals surface area contributed by atoms with Crippen LogP contribution in [0.25, 0.3) is 10.4 Å². The highest BCUT2D eigenvalue weighted by Crippen LogP contribution is 2.32. The lowest BCUT2D eigenvalue weighted by atomic mass is 10.1. The van der Waals surface area contributed by atoms with Gasteiger partial charge >= 0.3 is 5.97 Å². The van der Waals surface area contributed by atoms with Crippen LogP contribution in [0.1, 0.15) is 15.5 Å². The minimum atomic E-state index is -1.08. The first-order valence-corrected chi connectivity index (χ1v) is 6.26. The second-order valence-electron chi connectivity index (χ2n) is 3.34. The predicted octanol–water partition coefficient (Wildman–Crippen LogP) is 3.72. The van der Waals surface area contributed by atoms with Crippen LogP contribution in [0.2, 0.25) is 0 Å². The van der Waals surface area contributed by atoms with Crippen LogP contribution < -0.4 is 0 Å². The maximum atomic E-state index is 13.1. The Kier molecular flexibility index (Phi) is 3.26. The number of nitrogens with zero attached hydrogens (tertiary/aromatic N) is 1. The summed E-state index contributed by atoms with van der Waals surface area (Å²) in [7, 11) is 0. The van der Waals surface area contributed by atoms with Gasteiger partial charge in [0.1, 0.15) is 5.82 Å². The van der Waals surface area contributed by atoms with Crippen molar-refractivity contribution < 1.29 is 14.3 Å². The molecular weight excluding hydrogens is 309 g/mol. The van der Waals surface area contributed by atoms with Crippen LogP contribution in [0.4, 0.5) is 4.39 Å². The lowest BCUT2D eigenvalue weighted by molar-refractivity contribution is 0.0692. The topological polar surface area (TPSA) is 50.2 Å². The molecule has 0 amide bonds. The Labute approximate surface area is 109 Å². The smallest absolute Gasteiger partial charge is 0.356 e. The molecule has 6 heteroatoms. The fraction of sp³-hybridized carbons (Fsp3) is 0.0909. The average molecular weight is 316 g/mol. The van der Waals surface area contributed by atoms with Crippen molar-refractivity contribution >= 4 is 33.2 Å². The van der Waals surface area contributed by atoms with Crippen molar-refractivity contribution in [3.63, 3.8) is 0 Å². The lowest BCUT2D eigenvalue weighted by Crippen LogP contribution is -1.98. The number of rotatable bonds is 2. The van der Waals surface area contributed by atoms with Crippen molar-refractivity contribution in [2.24, 2.45) is 0 Å². The van der Waals surface area contributed by atoms with Gasteiger partial charge < -0.3 is 5.11 Å². The fourth-order valence-corrected chi connectivity index (χ4v) is 2.69. The van der Waals surface area contributed by atoms with E-state index < -0.39 is 5.97 Å². The first-order chi connectivity index (χ1) is 7.99. The minimum Gasteiger partial charge on any atom is -0.476 e. The molecule has 1 aromatic heterocycles. The number of hydrogen-bond donors (Lipinski definition) is 1. The van der Waals surface area contributed by atoms with Gasteiger partial charge in [-0.2, -0.15) is 0 Å². The molecule has 0 fully saturated rings. The van der Waals surface area contributed by atoms with E-state index in [2.05, 4.69) is 20.9 Å². The zero-order valence-electron chi connectivity index (χ0n) is 8.70. The Morgan fingerprint density at radius 1 is 1.53 bits per heavy atom. The SMILES string of the molecule is Cc1nc(C(=O)O)c(-c2ccc(F)c(Br)c2)s1. The van der Waals surface area contributed by atoms with Gasteiger partial charge in [0.25, 0.3) is 0 Å². The van der Waals surface area contributed by atoms with Crippen LogP contribution in [0, 0.1) is 12.7 Å². The van der Waals surface area contributed by atoms with Gasteiger partial charge in [0, 0.05) is 0 Å². The van der Waals surface area contributed by atoms with E-state index in [9.17, 15) is 9.18 Å². The standard InChI is InChI=1S/C11H7BrFNO2S/c1-5-14-9(11(15)16)10(17-5)6-2-3-8(13)7(12)4-6/h2-4H,1H3,(H,15,16). The summed E-state index contributed by atoms with van der Waals surface area (Å²) in [5.41, 5.74) is 0.646. The number of aryl methyl sites for hydroxylation is 1. The molecule has 0 aliphatic rings. The van der Waals surface area contributed by atoms with E-state index in [1.165, 1.54) is 17.4 Å². The third-order valence-electron chi connectivity index (χ3n) is 2.12. The summed E-state index contributed by atoms with van der Waals surface area (Å²) >= 11 is 4.35. The molecule has 3 nitrogen and oxygen atoms in total. The number of halogens is 2. The van der Waals surface area contributed by atoms with Gasteiger partial charge in [-0.25, -0.2) is 14.2 Å². The molecular formula is C11H7BrFNO2S. The number of aromatic carboxylic acids is 1. The second kappa shape index (κ2) is 4.54. The number of aromatic nitrogens is 1. The first kappa shape index (κ1) is 12.2. The van der Waals surface area contributed by atoms with Crippen LogP contribution in [-0.4, -0.2) is 16.1 Å². The molecule has 0 aliphatic carbocycles. The summed E-state index contributed by atoms with van der Waals surface area (Å²) in [6.07, 6.45) is 0. The largest absolute Gasteiger partial charge is 0.476 e. The molecule has 2 rings (SSSR count). The number of hydrogen-bond acceptors (Lipinski definition) is 3. The second-order valence-corrected chi connectivity index (χ2v) is 5.40. The zero-order chi connectivity index (χ0) is 12.6. The van der Waals surface area contributed by atoms with E-state index in [1.807, 2.05) is 0 Å². The molecule has 0 bridgehead atoms. The van der Waals surface area contributed by atoms with Crippen LogP contribution >= 0.6 is 27.3 Å². The number of carboxylic acid groups (broad SMARTS) is 1. The first-order valence-electron chi connectivity index (χ1n) is 4.65. The molecule has 0 saturated carbocycles. The van der Waals surface area contributed by atoms with Crippen molar-refractivity contribution in [3.8, 4) is 10.4 Å². The van der Waals surface area contributed by atoms with E-state index in [1.54, 1.807) is 19.1 Å². The molecule has 0 spiro atoms. The van der Waals surface area contributed by atoms with Crippen LogP contribution in [0.3, 0.4) is 0 Å². The van der Waals surface area contributed by atoms with Gasteiger partial charge in [0.2, 0.25) is 0 Å². The van der Waals surface area contributed by atoms with Gasteiger partial charge in [-0.3, -0.25) is 0 Å². The zero-order valence-corrected chi connectivity index (χ0v) is 11.1. The summed E-state index contributed by atoms with van der Waals surface area (Å²) in [5, 5.41) is 9.69. The molecule has 0 unspecified atom stereocenters. The summed E-state index contributed by atoms with van der Waals surface area (Å²) in [5.74, 6) is -1.46. The maximum absolute atomic E-state index is 13.1. The van der Waals surface area contributed by atoms with Gasteiger partial charge in [-0.1, -0.05) is 6.07 Å². The van der Waals surface area contributed by atoms with Crippen molar-refractivity contribution in [1.29, 1.82) is 0 Å². The molecule has 0 saturated heterocycles. The molecule has 0 aliphatic heterocycles. The van der Waals surface area contributed by atoms with E-state index >= 15 is 0 Å². The summed E-state index contributed by atoms with van der Waals surface area (Å²) in [4.78, 5) is 15.5. The summed E-state index contributed by atoms with van der Waals surface area (Å²) in [6, 6.07) is 4.38. The highest BCUT2D eigenvalue weighted by molar-refractivity contribution is 9.10. The van der Waals surface area contributed by atoms with Crippen molar-refractivity contribution in [2.75, 3.05) is 0 Å². The molecule has 1 heterocycles. The number of thiazole rings is 1. The number of benzene rings is 1. The quantitative estimate of drug-likeness (QED) is 0.919.